The van der Waals surface area contributed by atoms with Crippen LogP contribution >= 0.6 is 0 Å². The molecule has 9 heteroatoms. The van der Waals surface area contributed by atoms with Gasteiger partial charge in [0.1, 0.15) is 0 Å². The molecular weight excluding hydrogens is 769 g/mol. The number of alkyl halides is 6. The monoisotopic (exact) mass is 804 g/mol. The van der Waals surface area contributed by atoms with E-state index in [2.05, 4.69) is 96.1 Å². The van der Waals surface area contributed by atoms with Crippen LogP contribution in [0.4, 0.5) is 26.3 Å². The zero-order chi connectivity index (χ0) is 35.4. The quantitative estimate of drug-likeness (QED) is 0.157. The minimum atomic E-state index is -4.49. The van der Waals surface area contributed by atoms with E-state index >= 15 is 0 Å². The summed E-state index contributed by atoms with van der Waals surface area (Å²) < 4.78 is 76.7. The van der Waals surface area contributed by atoms with Crippen molar-refractivity contribution in [2.45, 2.75) is 72.2 Å². The fourth-order valence-corrected chi connectivity index (χ4v) is 6.18. The molecule has 0 saturated carbocycles. The van der Waals surface area contributed by atoms with E-state index in [4.69, 9.17) is 0 Å². The normalized spacial score (nSPS) is 11.8. The fourth-order valence-electron chi connectivity index (χ4n) is 5.42. The SMILES string of the molecule is CCc1cc(C(C)(C)C)c[cH-]1.Cc1[c-]c2c(cc1)-c1ccc(C)cc1C2.FC(F)(F)c1cccc([C](=[Zr+2])c2cccc(C(F)(F)F)c2)c1.[Cl-].[Cl-]. The number of fused-ring (bicyclic) bond motifs is 3. The number of aryl methyl sites for hydroxylation is 3. The third-order valence-corrected chi connectivity index (χ3v) is 9.56. The molecule has 1 aliphatic carbocycles. The molecule has 0 amide bonds. The molecule has 50 heavy (non-hydrogen) atoms. The van der Waals surface area contributed by atoms with Crippen molar-refractivity contribution in [1.82, 2.24) is 0 Å². The van der Waals surface area contributed by atoms with Crippen LogP contribution in [0.25, 0.3) is 11.1 Å². The summed E-state index contributed by atoms with van der Waals surface area (Å²) in [5.74, 6) is 0. The molecule has 0 aromatic heterocycles. The molecule has 5 aromatic rings. The van der Waals surface area contributed by atoms with Gasteiger partial charge in [-0.25, -0.2) is 6.07 Å². The Kier molecular flexibility index (Phi) is 15.2. The minimum absolute atomic E-state index is 0. The van der Waals surface area contributed by atoms with E-state index in [1.165, 1.54) is 68.8 Å². The Morgan fingerprint density at radius 2 is 1.26 bits per heavy atom. The summed E-state index contributed by atoms with van der Waals surface area (Å²) in [6.45, 7) is 13.2. The Bertz CT molecular complexity index is 1790. The van der Waals surface area contributed by atoms with Crippen molar-refractivity contribution in [2.24, 2.45) is 0 Å². The molecule has 264 valence electrons. The summed E-state index contributed by atoms with van der Waals surface area (Å²) in [6.07, 6.45) is -6.77. The summed E-state index contributed by atoms with van der Waals surface area (Å²) in [7, 11) is 0. The topological polar surface area (TPSA) is 0 Å². The Hall–Kier alpha value is -2.86. The standard InChI is InChI=1S/C15H8F6.C15H13.C11H17.2ClH.Zr/c16-14(17,18)12-5-1-3-10(8-12)7-11-4-2-6-13(9-11)15(19,20)21;1-10-3-5-14-12(7-10)9-13-8-11(2)4-6-15(13)14;1-5-9-6-7-10(8-9)11(2,3)4;;;/h1-6,8-9H;3-7H,9H2,1-2H3;6-8H,5H2,1-4H3;2*1H;/q;2*-1;;;+2/p-2. The zero-order valence-corrected chi connectivity index (χ0v) is 32.6. The van der Waals surface area contributed by atoms with Gasteiger partial charge in [-0.2, -0.15) is 47.0 Å². The van der Waals surface area contributed by atoms with Gasteiger partial charge >= 0.3 is 137 Å². The van der Waals surface area contributed by atoms with Crippen molar-refractivity contribution in [1.29, 1.82) is 0 Å². The number of halogens is 8. The maximum Gasteiger partial charge on any atom is -1.00 e. The molecule has 0 nitrogen and oxygen atoms in total. The molecule has 0 saturated heterocycles. The van der Waals surface area contributed by atoms with Crippen molar-refractivity contribution in [2.75, 3.05) is 0 Å². The summed E-state index contributed by atoms with van der Waals surface area (Å²) >= 11 is 0.729. The van der Waals surface area contributed by atoms with Crippen LogP contribution in [0.15, 0.2) is 97.1 Å². The first-order valence-corrected chi connectivity index (χ1v) is 16.9. The summed E-state index contributed by atoms with van der Waals surface area (Å²) in [4.78, 5) is 0. The number of benzene rings is 4. The van der Waals surface area contributed by atoms with Gasteiger partial charge in [-0.1, -0.05) is 75.8 Å². The molecular formula is C41H38Cl2F6Zr-2. The summed E-state index contributed by atoms with van der Waals surface area (Å²) in [5, 5.41) is 0. The average Bonchev–Trinajstić information content (AvgIpc) is 3.65. The smallest absolute Gasteiger partial charge is 1.00 e. The first-order valence-electron chi connectivity index (χ1n) is 15.7. The van der Waals surface area contributed by atoms with E-state index in [0.717, 1.165) is 61.3 Å². The van der Waals surface area contributed by atoms with Gasteiger partial charge < -0.3 is 24.8 Å². The molecule has 6 rings (SSSR count). The maximum atomic E-state index is 12.7. The third-order valence-electron chi connectivity index (χ3n) is 8.14. The first-order chi connectivity index (χ1) is 22.4. The number of rotatable bonds is 3. The largest absolute Gasteiger partial charge is 1.00 e. The van der Waals surface area contributed by atoms with Crippen molar-refractivity contribution in [3.05, 3.63) is 159 Å². The van der Waals surface area contributed by atoms with Gasteiger partial charge in [0.05, 0.1) is 0 Å². The molecule has 0 heterocycles. The second-order valence-corrected chi connectivity index (χ2v) is 14.2. The van der Waals surface area contributed by atoms with Crippen LogP contribution in [0.5, 0.6) is 0 Å². The number of hydrogen-bond acceptors (Lipinski definition) is 0. The van der Waals surface area contributed by atoms with E-state index < -0.39 is 23.5 Å². The van der Waals surface area contributed by atoms with Crippen LogP contribution in [0, 0.1) is 19.9 Å². The molecule has 1 aliphatic rings. The Labute approximate surface area is 318 Å². The molecule has 0 aliphatic heterocycles. The molecule has 0 N–H and O–H groups in total. The van der Waals surface area contributed by atoms with E-state index in [9.17, 15) is 26.3 Å². The van der Waals surface area contributed by atoms with Crippen LogP contribution in [0.2, 0.25) is 0 Å². The van der Waals surface area contributed by atoms with E-state index in [1.54, 1.807) is 0 Å². The Morgan fingerprint density at radius 1 is 0.720 bits per heavy atom. The van der Waals surface area contributed by atoms with Crippen LogP contribution < -0.4 is 24.8 Å². The van der Waals surface area contributed by atoms with Gasteiger partial charge in [-0.15, -0.1) is 11.1 Å². The van der Waals surface area contributed by atoms with Gasteiger partial charge in [0.25, 0.3) is 0 Å². The molecule has 0 fully saturated rings. The van der Waals surface area contributed by atoms with E-state index in [1.807, 2.05) is 0 Å². The molecule has 0 spiro atoms. The molecule has 5 aromatic carbocycles. The third kappa shape index (κ3) is 11.3. The number of hydrogen-bond donors (Lipinski definition) is 0. The Balaban J connectivity index is 0.000000270. The van der Waals surface area contributed by atoms with Crippen LogP contribution in [-0.2, 0) is 54.8 Å². The van der Waals surface area contributed by atoms with Crippen LogP contribution in [0.1, 0.15) is 83.3 Å². The molecule has 0 unspecified atom stereocenters. The van der Waals surface area contributed by atoms with Gasteiger partial charge in [0.2, 0.25) is 0 Å². The van der Waals surface area contributed by atoms with E-state index in [0.29, 0.717) is 8.62 Å². The minimum Gasteiger partial charge on any atom is -1.00 e. The summed E-state index contributed by atoms with van der Waals surface area (Å²) in [5.41, 5.74) is 10.3. The van der Waals surface area contributed by atoms with Crippen LogP contribution in [-0.4, -0.2) is 3.21 Å². The second kappa shape index (κ2) is 17.6. The van der Waals surface area contributed by atoms with Crippen molar-refractivity contribution >= 4 is 3.21 Å². The van der Waals surface area contributed by atoms with Crippen molar-refractivity contribution in [3.8, 4) is 11.1 Å². The summed E-state index contributed by atoms with van der Waals surface area (Å²) in [6, 6.07) is 30.5. The predicted octanol–water partition coefficient (Wildman–Crippen LogP) is 5.79. The van der Waals surface area contributed by atoms with Gasteiger partial charge in [-0.3, -0.25) is 0 Å². The van der Waals surface area contributed by atoms with Gasteiger partial charge in [0.15, 0.2) is 0 Å². The molecule has 0 bridgehead atoms. The maximum absolute atomic E-state index is 12.7. The first kappa shape index (κ1) is 43.3. The fraction of sp³-hybridized carbons (Fsp3) is 0.268. The van der Waals surface area contributed by atoms with Gasteiger partial charge in [0, 0.05) is 0 Å². The van der Waals surface area contributed by atoms with Crippen molar-refractivity contribution in [3.63, 3.8) is 0 Å². The molecule has 0 atom stereocenters. The average molecular weight is 807 g/mol. The second-order valence-electron chi connectivity index (χ2n) is 13.0. The van der Waals surface area contributed by atoms with Crippen LogP contribution in [0.3, 0.4) is 0 Å². The Morgan fingerprint density at radius 3 is 1.72 bits per heavy atom. The van der Waals surface area contributed by atoms with E-state index in [-0.39, 0.29) is 35.9 Å². The van der Waals surface area contributed by atoms with Crippen molar-refractivity contribution < 1.29 is 75.4 Å². The van der Waals surface area contributed by atoms with Gasteiger partial charge in [-0.05, 0) is 18.9 Å². The molecule has 0 radical (unpaired) electrons. The predicted molar refractivity (Wildman–Crippen MR) is 179 cm³/mol. The zero-order valence-electron chi connectivity index (χ0n) is 28.7.